The second kappa shape index (κ2) is 5.77. The fraction of sp³-hybridized carbons (Fsp3) is 0.348. The number of fused-ring (bicyclic) bond motifs is 2. The normalized spacial score (nSPS) is 25.4. The average molecular weight is 372 g/mol. The van der Waals surface area contributed by atoms with Gasteiger partial charge in [-0.15, -0.1) is 0 Å². The van der Waals surface area contributed by atoms with Crippen LogP contribution in [0.1, 0.15) is 20.3 Å². The van der Waals surface area contributed by atoms with E-state index in [0.29, 0.717) is 12.4 Å². The van der Waals surface area contributed by atoms with E-state index in [1.165, 1.54) is 0 Å². The summed E-state index contributed by atoms with van der Waals surface area (Å²) in [7, 11) is 0. The topological polar surface area (TPSA) is 72.1 Å². The van der Waals surface area contributed by atoms with Crippen molar-refractivity contribution in [2.24, 2.45) is 22.5 Å². The number of aromatic nitrogens is 2. The molecule has 5 heteroatoms. The molecule has 2 N–H and O–H groups in total. The van der Waals surface area contributed by atoms with Gasteiger partial charge in [0.1, 0.15) is 5.82 Å². The Morgan fingerprint density at radius 1 is 1.07 bits per heavy atom. The first-order valence-electron chi connectivity index (χ1n) is 9.78. The maximum atomic E-state index is 12.4. The van der Waals surface area contributed by atoms with Gasteiger partial charge in [-0.3, -0.25) is 4.79 Å². The van der Waals surface area contributed by atoms with E-state index in [-0.39, 0.29) is 17.2 Å². The number of hydrogen-bond acceptors (Lipinski definition) is 4. The molecule has 0 spiro atoms. The van der Waals surface area contributed by atoms with Crippen molar-refractivity contribution in [3.63, 3.8) is 0 Å². The minimum absolute atomic E-state index is 0.120. The lowest BCUT2D eigenvalue weighted by Gasteiger charge is -2.54. The molecule has 5 rings (SSSR count). The lowest BCUT2D eigenvalue weighted by molar-refractivity contribution is -0.148. The van der Waals surface area contributed by atoms with E-state index in [9.17, 15) is 4.79 Å². The maximum Gasteiger partial charge on any atom is 0.225 e. The van der Waals surface area contributed by atoms with Crippen LogP contribution in [-0.2, 0) is 4.79 Å². The van der Waals surface area contributed by atoms with Gasteiger partial charge in [0.25, 0.3) is 0 Å². The molecule has 1 amide bonds. The predicted molar refractivity (Wildman–Crippen MR) is 111 cm³/mol. The Labute approximate surface area is 164 Å². The van der Waals surface area contributed by atoms with Gasteiger partial charge in [-0.05, 0) is 29.9 Å². The Morgan fingerprint density at radius 2 is 1.79 bits per heavy atom. The van der Waals surface area contributed by atoms with E-state index >= 15 is 0 Å². The SMILES string of the molecule is CC1(C)C[C@]2(C(N)=O)CN(c3nc(-c4ccccc4)nc4ccccc34)C[C@H]12. The summed E-state index contributed by atoms with van der Waals surface area (Å²) >= 11 is 0. The van der Waals surface area contributed by atoms with Crippen LogP contribution in [0, 0.1) is 16.7 Å². The van der Waals surface area contributed by atoms with Crippen LogP contribution >= 0.6 is 0 Å². The van der Waals surface area contributed by atoms with Crippen molar-refractivity contribution in [2.75, 3.05) is 18.0 Å². The maximum absolute atomic E-state index is 12.4. The summed E-state index contributed by atoms with van der Waals surface area (Å²) in [6, 6.07) is 18.1. The first-order valence-corrected chi connectivity index (χ1v) is 9.78. The smallest absolute Gasteiger partial charge is 0.225 e. The third kappa shape index (κ3) is 2.35. The molecule has 0 unspecified atom stereocenters. The second-order valence-corrected chi connectivity index (χ2v) is 8.87. The number of carbonyl (C=O) groups excluding carboxylic acids is 1. The first kappa shape index (κ1) is 17.2. The molecule has 1 saturated heterocycles. The van der Waals surface area contributed by atoms with E-state index in [4.69, 9.17) is 15.7 Å². The zero-order chi connectivity index (χ0) is 19.5. The molecule has 1 aromatic heterocycles. The van der Waals surface area contributed by atoms with Crippen LogP contribution in [-0.4, -0.2) is 29.0 Å². The van der Waals surface area contributed by atoms with Gasteiger partial charge in [-0.2, -0.15) is 0 Å². The Balaban J connectivity index is 1.64. The molecule has 0 radical (unpaired) electrons. The number of amides is 1. The number of nitrogens with zero attached hydrogens (tertiary/aromatic N) is 3. The second-order valence-electron chi connectivity index (χ2n) is 8.87. The van der Waals surface area contributed by atoms with Crippen LogP contribution in [0.5, 0.6) is 0 Å². The minimum Gasteiger partial charge on any atom is -0.369 e. The number of benzene rings is 2. The highest BCUT2D eigenvalue weighted by molar-refractivity contribution is 5.92. The Bertz CT molecular complexity index is 1080. The summed E-state index contributed by atoms with van der Waals surface area (Å²) in [5, 5.41) is 1.01. The van der Waals surface area contributed by atoms with Crippen LogP contribution in [0.3, 0.4) is 0 Å². The van der Waals surface area contributed by atoms with Crippen LogP contribution < -0.4 is 10.6 Å². The Hall–Kier alpha value is -2.95. The molecule has 142 valence electrons. The first-order chi connectivity index (χ1) is 13.4. The molecule has 1 aliphatic heterocycles. The number of primary amides is 1. The van der Waals surface area contributed by atoms with Crippen molar-refractivity contribution in [2.45, 2.75) is 20.3 Å². The molecule has 2 atom stereocenters. The highest BCUT2D eigenvalue weighted by atomic mass is 16.1. The van der Waals surface area contributed by atoms with E-state index in [1.54, 1.807) is 0 Å². The monoisotopic (exact) mass is 372 g/mol. The van der Waals surface area contributed by atoms with Crippen molar-refractivity contribution in [3.05, 3.63) is 54.6 Å². The molecule has 5 nitrogen and oxygen atoms in total. The lowest BCUT2D eigenvalue weighted by atomic mass is 9.48. The van der Waals surface area contributed by atoms with Gasteiger partial charge in [0.15, 0.2) is 5.82 Å². The summed E-state index contributed by atoms with van der Waals surface area (Å²) in [5.41, 5.74) is 7.45. The van der Waals surface area contributed by atoms with E-state index in [2.05, 4.69) is 24.8 Å². The fourth-order valence-electron chi connectivity index (χ4n) is 5.41. The standard InChI is InChI=1S/C23H24N4O/c1-22(2)13-23(21(24)28)14-27(12-18(22)23)20-16-10-6-7-11-17(16)25-19(26-20)15-8-4-3-5-9-15/h3-11,18H,12-14H2,1-2H3,(H2,24,28)/t18-,23+/m1/s1. The molecule has 3 aromatic rings. The van der Waals surface area contributed by atoms with Gasteiger partial charge in [0.2, 0.25) is 5.91 Å². The van der Waals surface area contributed by atoms with Gasteiger partial charge in [-0.25, -0.2) is 9.97 Å². The summed E-state index contributed by atoms with van der Waals surface area (Å²) < 4.78 is 0. The lowest BCUT2D eigenvalue weighted by Crippen LogP contribution is -2.59. The summed E-state index contributed by atoms with van der Waals surface area (Å²) in [4.78, 5) is 24.3. The summed E-state index contributed by atoms with van der Waals surface area (Å²) in [6.07, 6.45) is 0.838. The molecule has 28 heavy (non-hydrogen) atoms. The molecule has 2 heterocycles. The van der Waals surface area contributed by atoms with Crippen molar-refractivity contribution >= 4 is 22.6 Å². The quantitative estimate of drug-likeness (QED) is 0.762. The Morgan fingerprint density at radius 3 is 2.46 bits per heavy atom. The zero-order valence-electron chi connectivity index (χ0n) is 16.2. The molecule has 2 fully saturated rings. The molecule has 1 saturated carbocycles. The van der Waals surface area contributed by atoms with E-state index in [0.717, 1.165) is 35.2 Å². The largest absolute Gasteiger partial charge is 0.369 e. The van der Waals surface area contributed by atoms with Gasteiger partial charge in [-0.1, -0.05) is 56.3 Å². The third-order valence-corrected chi connectivity index (χ3v) is 6.66. The fourth-order valence-corrected chi connectivity index (χ4v) is 5.41. The van der Waals surface area contributed by atoms with Crippen LogP contribution in [0.4, 0.5) is 5.82 Å². The van der Waals surface area contributed by atoms with Crippen LogP contribution in [0.2, 0.25) is 0 Å². The van der Waals surface area contributed by atoms with Crippen molar-refractivity contribution in [1.29, 1.82) is 0 Å². The van der Waals surface area contributed by atoms with Crippen LogP contribution in [0.15, 0.2) is 54.6 Å². The zero-order valence-corrected chi connectivity index (χ0v) is 16.2. The number of carbonyl (C=O) groups is 1. The molecule has 2 aromatic carbocycles. The predicted octanol–water partition coefficient (Wildman–Crippen LogP) is 3.63. The van der Waals surface area contributed by atoms with E-state index in [1.807, 2.05) is 48.5 Å². The highest BCUT2D eigenvalue weighted by Crippen LogP contribution is 2.63. The Kier molecular flexibility index (Phi) is 3.54. The van der Waals surface area contributed by atoms with Crippen molar-refractivity contribution < 1.29 is 4.79 Å². The van der Waals surface area contributed by atoms with Crippen molar-refractivity contribution in [1.82, 2.24) is 9.97 Å². The molecule has 2 aliphatic rings. The summed E-state index contributed by atoms with van der Waals surface area (Å²) in [5.74, 6) is 1.68. The molecular formula is C23H24N4O. The number of nitrogens with two attached hydrogens (primary N) is 1. The van der Waals surface area contributed by atoms with Gasteiger partial charge >= 0.3 is 0 Å². The van der Waals surface area contributed by atoms with E-state index < -0.39 is 5.41 Å². The molecular weight excluding hydrogens is 348 g/mol. The number of para-hydroxylation sites is 1. The number of hydrogen-bond donors (Lipinski definition) is 1. The minimum atomic E-state index is -0.442. The number of rotatable bonds is 3. The average Bonchev–Trinajstić information content (AvgIpc) is 3.04. The summed E-state index contributed by atoms with van der Waals surface area (Å²) in [6.45, 7) is 5.89. The highest BCUT2D eigenvalue weighted by Gasteiger charge is 2.66. The third-order valence-electron chi connectivity index (χ3n) is 6.66. The van der Waals surface area contributed by atoms with Gasteiger partial charge < -0.3 is 10.6 Å². The molecule has 1 aliphatic carbocycles. The van der Waals surface area contributed by atoms with Crippen molar-refractivity contribution in [3.8, 4) is 11.4 Å². The molecule has 0 bridgehead atoms. The van der Waals surface area contributed by atoms with Crippen LogP contribution in [0.25, 0.3) is 22.3 Å². The van der Waals surface area contributed by atoms with Gasteiger partial charge in [0.05, 0.1) is 10.9 Å². The van der Waals surface area contributed by atoms with Gasteiger partial charge in [0, 0.05) is 24.0 Å². The number of anilines is 1.